The molecule has 6 heteroatoms. The van der Waals surface area contributed by atoms with E-state index >= 15 is 0 Å². The van der Waals surface area contributed by atoms with Crippen LogP contribution >= 0.6 is 0 Å². The number of nitrogens with one attached hydrogen (secondary N) is 1. The summed E-state index contributed by atoms with van der Waals surface area (Å²) in [4.78, 5) is 21.2. The maximum atomic E-state index is 12.4. The molecule has 0 fully saturated rings. The van der Waals surface area contributed by atoms with E-state index in [0.717, 1.165) is 11.1 Å². The van der Waals surface area contributed by atoms with Gasteiger partial charge in [0.1, 0.15) is 0 Å². The van der Waals surface area contributed by atoms with Gasteiger partial charge >= 0.3 is 0 Å². The second kappa shape index (κ2) is 9.54. The molecular formula is C25H21N3O3. The summed E-state index contributed by atoms with van der Waals surface area (Å²) in [6.07, 6.45) is 1.63. The van der Waals surface area contributed by atoms with Crippen molar-refractivity contribution in [1.29, 1.82) is 0 Å². The first kappa shape index (κ1) is 20.1. The number of methoxy groups -OCH3 is 1. The molecule has 0 aliphatic heterocycles. The molecule has 6 nitrogen and oxygen atoms in total. The van der Waals surface area contributed by atoms with Crippen molar-refractivity contribution < 1.29 is 14.3 Å². The van der Waals surface area contributed by atoms with Gasteiger partial charge in [0.25, 0.3) is 5.91 Å². The highest BCUT2D eigenvalue weighted by Crippen LogP contribution is 2.30. The number of aromatic nitrogens is 2. The highest BCUT2D eigenvalue weighted by molar-refractivity contribution is 5.94. The maximum absolute atomic E-state index is 12.4. The van der Waals surface area contributed by atoms with Crippen LogP contribution in [0.25, 0.3) is 11.4 Å². The lowest BCUT2D eigenvalue weighted by molar-refractivity contribution is 0.0951. The van der Waals surface area contributed by atoms with E-state index in [1.165, 1.54) is 0 Å². The van der Waals surface area contributed by atoms with Crippen LogP contribution < -0.4 is 14.8 Å². The summed E-state index contributed by atoms with van der Waals surface area (Å²) in [7, 11) is 1.59. The molecule has 0 aliphatic carbocycles. The minimum absolute atomic E-state index is 0.135. The van der Waals surface area contributed by atoms with Crippen molar-refractivity contribution in [2.24, 2.45) is 0 Å². The first-order valence-corrected chi connectivity index (χ1v) is 9.79. The number of carbonyl (C=O) groups excluding carboxylic acids is 1. The van der Waals surface area contributed by atoms with E-state index in [2.05, 4.69) is 15.3 Å². The maximum Gasteiger partial charge on any atom is 0.251 e. The minimum Gasteiger partial charge on any atom is -0.493 e. The molecule has 0 saturated carbocycles. The lowest BCUT2D eigenvalue weighted by Gasteiger charge is -2.10. The van der Waals surface area contributed by atoms with E-state index < -0.39 is 0 Å². The van der Waals surface area contributed by atoms with Crippen molar-refractivity contribution >= 4 is 5.91 Å². The molecule has 0 atom stereocenters. The van der Waals surface area contributed by atoms with Gasteiger partial charge < -0.3 is 14.8 Å². The van der Waals surface area contributed by atoms with E-state index in [4.69, 9.17) is 9.47 Å². The Morgan fingerprint density at radius 2 is 1.58 bits per heavy atom. The smallest absolute Gasteiger partial charge is 0.251 e. The number of rotatable bonds is 7. The van der Waals surface area contributed by atoms with Gasteiger partial charge in [0.15, 0.2) is 17.3 Å². The third-order valence-corrected chi connectivity index (χ3v) is 4.61. The lowest BCUT2D eigenvalue weighted by Crippen LogP contribution is -2.22. The molecular weight excluding hydrogens is 390 g/mol. The van der Waals surface area contributed by atoms with Crippen LogP contribution in [0.4, 0.5) is 0 Å². The van der Waals surface area contributed by atoms with E-state index in [9.17, 15) is 4.79 Å². The zero-order chi connectivity index (χ0) is 21.5. The molecule has 154 valence electrons. The molecule has 0 bridgehead atoms. The van der Waals surface area contributed by atoms with Crippen LogP contribution in [0.3, 0.4) is 0 Å². The van der Waals surface area contributed by atoms with Gasteiger partial charge in [0, 0.05) is 29.9 Å². The Morgan fingerprint density at radius 1 is 0.871 bits per heavy atom. The Morgan fingerprint density at radius 3 is 2.32 bits per heavy atom. The number of para-hydroxylation sites is 2. The van der Waals surface area contributed by atoms with Gasteiger partial charge in [-0.2, -0.15) is 4.98 Å². The Balaban J connectivity index is 1.45. The fourth-order valence-electron chi connectivity index (χ4n) is 3.00. The third-order valence-electron chi connectivity index (χ3n) is 4.61. The summed E-state index contributed by atoms with van der Waals surface area (Å²) in [6.45, 7) is 0.479. The molecule has 0 saturated heterocycles. The molecule has 0 unspecified atom stereocenters. The standard InChI is InChI=1S/C25H21N3O3/c1-30-21-9-5-6-10-22(21)31-23-15-16-26-24(28-23)19-11-13-20(14-12-19)25(29)27-17-18-7-3-2-4-8-18/h2-16H,17H2,1H3,(H,27,29). The molecule has 1 heterocycles. The van der Waals surface area contributed by atoms with Crippen molar-refractivity contribution in [3.8, 4) is 28.8 Å². The summed E-state index contributed by atoms with van der Waals surface area (Å²) >= 11 is 0. The number of hydrogen-bond donors (Lipinski definition) is 1. The van der Waals surface area contributed by atoms with E-state index in [1.807, 2.05) is 66.7 Å². The third kappa shape index (κ3) is 5.05. The van der Waals surface area contributed by atoms with E-state index in [1.54, 1.807) is 31.5 Å². The van der Waals surface area contributed by atoms with Crippen LogP contribution in [-0.2, 0) is 6.54 Å². The largest absolute Gasteiger partial charge is 0.493 e. The predicted octanol–water partition coefficient (Wildman–Crippen LogP) is 4.87. The molecule has 0 aliphatic rings. The molecule has 4 aromatic rings. The van der Waals surface area contributed by atoms with Crippen molar-refractivity contribution in [2.75, 3.05) is 7.11 Å². The average molecular weight is 411 g/mol. The topological polar surface area (TPSA) is 73.3 Å². The number of benzene rings is 3. The summed E-state index contributed by atoms with van der Waals surface area (Å²) in [5.41, 5.74) is 2.40. The van der Waals surface area contributed by atoms with Gasteiger partial charge in [-0.15, -0.1) is 0 Å². The van der Waals surface area contributed by atoms with Gasteiger partial charge in [-0.1, -0.05) is 54.6 Å². The molecule has 31 heavy (non-hydrogen) atoms. The second-order valence-corrected chi connectivity index (χ2v) is 6.72. The van der Waals surface area contributed by atoms with Crippen molar-refractivity contribution in [3.05, 3.63) is 102 Å². The Kier molecular flexibility index (Phi) is 6.18. The SMILES string of the molecule is COc1ccccc1Oc1ccnc(-c2ccc(C(=O)NCc3ccccc3)cc2)n1. The summed E-state index contributed by atoms with van der Waals surface area (Å²) in [5, 5.41) is 2.92. The molecule has 3 aromatic carbocycles. The monoisotopic (exact) mass is 411 g/mol. The number of carbonyl (C=O) groups is 1. The van der Waals surface area contributed by atoms with Crippen molar-refractivity contribution in [1.82, 2.24) is 15.3 Å². The van der Waals surface area contributed by atoms with E-state index in [-0.39, 0.29) is 5.91 Å². The number of nitrogens with zero attached hydrogens (tertiary/aromatic N) is 2. The van der Waals surface area contributed by atoms with Crippen LogP contribution in [-0.4, -0.2) is 23.0 Å². The molecule has 4 rings (SSSR count). The first-order chi connectivity index (χ1) is 15.2. The van der Waals surface area contributed by atoms with Crippen LogP contribution in [0.5, 0.6) is 17.4 Å². The zero-order valence-electron chi connectivity index (χ0n) is 17.0. The normalized spacial score (nSPS) is 10.4. The minimum atomic E-state index is -0.135. The molecule has 0 spiro atoms. The lowest BCUT2D eigenvalue weighted by atomic mass is 10.1. The first-order valence-electron chi connectivity index (χ1n) is 9.79. The van der Waals surface area contributed by atoms with Gasteiger partial charge in [-0.3, -0.25) is 4.79 Å². The van der Waals surface area contributed by atoms with Gasteiger partial charge in [0.05, 0.1) is 7.11 Å². The number of hydrogen-bond acceptors (Lipinski definition) is 5. The fraction of sp³-hybridized carbons (Fsp3) is 0.0800. The van der Waals surface area contributed by atoms with Gasteiger partial charge in [-0.05, 0) is 29.8 Å². The quantitative estimate of drug-likeness (QED) is 0.469. The summed E-state index contributed by atoms with van der Waals surface area (Å²) in [6, 6.07) is 26.0. The molecule has 1 N–H and O–H groups in total. The number of ether oxygens (including phenoxy) is 2. The van der Waals surface area contributed by atoms with Crippen molar-refractivity contribution in [2.45, 2.75) is 6.54 Å². The van der Waals surface area contributed by atoms with Gasteiger partial charge in [-0.25, -0.2) is 4.98 Å². The number of amides is 1. The molecule has 0 radical (unpaired) electrons. The molecule has 1 amide bonds. The Hall–Kier alpha value is -4.19. The van der Waals surface area contributed by atoms with Crippen LogP contribution in [0, 0.1) is 0 Å². The second-order valence-electron chi connectivity index (χ2n) is 6.72. The highest BCUT2D eigenvalue weighted by atomic mass is 16.5. The van der Waals surface area contributed by atoms with Gasteiger partial charge in [0.2, 0.25) is 5.88 Å². The summed E-state index contributed by atoms with van der Waals surface area (Å²) in [5.74, 6) is 1.96. The highest BCUT2D eigenvalue weighted by Gasteiger charge is 2.10. The van der Waals surface area contributed by atoms with E-state index in [0.29, 0.717) is 35.3 Å². The molecule has 1 aromatic heterocycles. The predicted molar refractivity (Wildman–Crippen MR) is 118 cm³/mol. The summed E-state index contributed by atoms with van der Waals surface area (Å²) < 4.78 is 11.2. The fourth-order valence-corrected chi connectivity index (χ4v) is 3.00. The van der Waals surface area contributed by atoms with Crippen LogP contribution in [0.2, 0.25) is 0 Å². The van der Waals surface area contributed by atoms with Crippen molar-refractivity contribution in [3.63, 3.8) is 0 Å². The Bertz CT molecular complexity index is 1160. The average Bonchev–Trinajstić information content (AvgIpc) is 2.84. The van der Waals surface area contributed by atoms with Crippen LogP contribution in [0.1, 0.15) is 15.9 Å². The zero-order valence-corrected chi connectivity index (χ0v) is 17.0. The van der Waals surface area contributed by atoms with Crippen LogP contribution in [0.15, 0.2) is 91.1 Å². The Labute approximate surface area is 180 Å².